The van der Waals surface area contributed by atoms with Crippen LogP contribution >= 0.6 is 0 Å². The Hall–Kier alpha value is -0.820. The summed E-state index contributed by atoms with van der Waals surface area (Å²) in [4.78, 5) is 0. The van der Waals surface area contributed by atoms with Gasteiger partial charge >= 0.3 is 0 Å². The van der Waals surface area contributed by atoms with Gasteiger partial charge in [0.25, 0.3) is 0 Å². The molecule has 0 aliphatic rings. The molecule has 0 aromatic heterocycles. The highest BCUT2D eigenvalue weighted by Gasteiger charge is 2.16. The Morgan fingerprint density at radius 1 is 1.05 bits per heavy atom. The molecule has 108 valence electrons. The fourth-order valence-corrected chi connectivity index (χ4v) is 2.30. The van der Waals surface area contributed by atoms with Gasteiger partial charge < -0.3 is 5.32 Å². The topological polar surface area (TPSA) is 12.0 Å². The lowest BCUT2D eigenvalue weighted by atomic mass is 9.91. The minimum atomic E-state index is 0.403. The van der Waals surface area contributed by atoms with Gasteiger partial charge in [-0.3, -0.25) is 0 Å². The molecule has 0 amide bonds. The first-order valence-corrected chi connectivity index (χ1v) is 7.65. The van der Waals surface area contributed by atoms with E-state index in [1.807, 2.05) is 0 Å². The van der Waals surface area contributed by atoms with Gasteiger partial charge in [-0.1, -0.05) is 65.8 Å². The predicted octanol–water partition coefficient (Wildman–Crippen LogP) is 4.97. The molecule has 1 heteroatoms. The number of aryl methyl sites for hydroxylation is 1. The summed E-state index contributed by atoms with van der Waals surface area (Å²) in [6, 6.07) is 9.56. The summed E-state index contributed by atoms with van der Waals surface area (Å²) in [5.41, 5.74) is 3.24. The van der Waals surface area contributed by atoms with Crippen molar-refractivity contribution in [3.05, 3.63) is 35.4 Å². The van der Waals surface area contributed by atoms with Crippen LogP contribution in [0.1, 0.15) is 65.1 Å². The monoisotopic (exact) mass is 261 g/mol. The molecule has 1 nitrogen and oxygen atoms in total. The van der Waals surface area contributed by atoms with E-state index in [1.54, 1.807) is 0 Å². The van der Waals surface area contributed by atoms with Gasteiger partial charge in [0.1, 0.15) is 0 Å². The van der Waals surface area contributed by atoms with Gasteiger partial charge in [0.2, 0.25) is 0 Å². The fraction of sp³-hybridized carbons (Fsp3) is 0.667. The van der Waals surface area contributed by atoms with E-state index in [2.05, 4.69) is 71.1 Å². The van der Waals surface area contributed by atoms with E-state index >= 15 is 0 Å². The van der Waals surface area contributed by atoms with E-state index in [4.69, 9.17) is 0 Å². The Morgan fingerprint density at radius 2 is 1.63 bits per heavy atom. The molecule has 0 aliphatic carbocycles. The highest BCUT2D eigenvalue weighted by atomic mass is 14.9. The van der Waals surface area contributed by atoms with Crippen LogP contribution in [0.4, 0.5) is 0 Å². The van der Waals surface area contributed by atoms with E-state index in [1.165, 1.54) is 17.5 Å². The fourth-order valence-electron chi connectivity index (χ4n) is 2.30. The van der Waals surface area contributed by atoms with E-state index in [0.29, 0.717) is 17.4 Å². The van der Waals surface area contributed by atoms with E-state index < -0.39 is 0 Å². The van der Waals surface area contributed by atoms with Crippen molar-refractivity contribution in [1.29, 1.82) is 0 Å². The van der Waals surface area contributed by atoms with Crippen molar-refractivity contribution in [2.75, 3.05) is 6.54 Å². The summed E-state index contributed by atoms with van der Waals surface area (Å²) in [6.07, 6.45) is 2.33. The number of rotatable bonds is 6. The lowest BCUT2D eigenvalue weighted by Crippen LogP contribution is -2.28. The third-order valence-electron chi connectivity index (χ3n) is 3.65. The third kappa shape index (κ3) is 5.78. The van der Waals surface area contributed by atoms with Gasteiger partial charge in [0.15, 0.2) is 0 Å². The Bertz CT molecular complexity index is 356. The van der Waals surface area contributed by atoms with E-state index in [-0.39, 0.29) is 0 Å². The van der Waals surface area contributed by atoms with Crippen molar-refractivity contribution in [2.45, 2.75) is 60.4 Å². The summed E-state index contributed by atoms with van der Waals surface area (Å²) < 4.78 is 0. The average molecular weight is 261 g/mol. The molecular weight excluding hydrogens is 230 g/mol. The van der Waals surface area contributed by atoms with E-state index in [9.17, 15) is 0 Å². The summed E-state index contributed by atoms with van der Waals surface area (Å²) in [5.74, 6) is 0.618. The maximum atomic E-state index is 3.73. The van der Waals surface area contributed by atoms with Crippen LogP contribution in [0, 0.1) is 11.3 Å². The summed E-state index contributed by atoms with van der Waals surface area (Å²) >= 11 is 0. The van der Waals surface area contributed by atoms with Crippen LogP contribution in [0.5, 0.6) is 0 Å². The zero-order valence-electron chi connectivity index (χ0n) is 13.6. The first kappa shape index (κ1) is 16.2. The summed E-state index contributed by atoms with van der Waals surface area (Å²) in [7, 11) is 0. The van der Waals surface area contributed by atoms with E-state index in [0.717, 1.165) is 13.0 Å². The first-order valence-electron chi connectivity index (χ1n) is 7.65. The number of hydrogen-bond donors (Lipinski definition) is 1. The molecule has 0 spiro atoms. The standard InChI is InChI=1S/C18H31N/c1-7-15-8-10-16(11-9-15)17(14(2)3)19-13-12-18(4,5)6/h8-11,14,17,19H,7,12-13H2,1-6H3. The summed E-state index contributed by atoms with van der Waals surface area (Å²) in [6.45, 7) is 14.8. The molecule has 0 radical (unpaired) electrons. The molecule has 0 bridgehead atoms. The number of nitrogens with one attached hydrogen (secondary N) is 1. The Morgan fingerprint density at radius 3 is 2.05 bits per heavy atom. The number of benzene rings is 1. The van der Waals surface area contributed by atoms with Crippen LogP contribution < -0.4 is 5.32 Å². The average Bonchev–Trinajstić information content (AvgIpc) is 2.33. The Labute approximate surface area is 119 Å². The molecule has 1 aromatic rings. The smallest absolute Gasteiger partial charge is 0.0343 e. The second kappa shape index (κ2) is 7.09. The van der Waals surface area contributed by atoms with Crippen LogP contribution in [0.25, 0.3) is 0 Å². The largest absolute Gasteiger partial charge is 0.310 e. The molecular formula is C18H31N. The van der Waals surface area contributed by atoms with Crippen molar-refractivity contribution in [3.63, 3.8) is 0 Å². The summed E-state index contributed by atoms with van der Waals surface area (Å²) in [5, 5.41) is 3.73. The minimum Gasteiger partial charge on any atom is -0.310 e. The van der Waals surface area contributed by atoms with Gasteiger partial charge in [0.05, 0.1) is 0 Å². The predicted molar refractivity (Wildman–Crippen MR) is 85.5 cm³/mol. The van der Waals surface area contributed by atoms with Crippen molar-refractivity contribution in [3.8, 4) is 0 Å². The van der Waals surface area contributed by atoms with Crippen molar-refractivity contribution >= 4 is 0 Å². The van der Waals surface area contributed by atoms with Crippen LogP contribution in [-0.2, 0) is 6.42 Å². The third-order valence-corrected chi connectivity index (χ3v) is 3.65. The normalized spacial score (nSPS) is 13.8. The lowest BCUT2D eigenvalue weighted by Gasteiger charge is -2.26. The van der Waals surface area contributed by atoms with Crippen LogP contribution in [-0.4, -0.2) is 6.54 Å². The molecule has 19 heavy (non-hydrogen) atoms. The molecule has 1 atom stereocenters. The van der Waals surface area contributed by atoms with Gasteiger partial charge in [-0.15, -0.1) is 0 Å². The van der Waals surface area contributed by atoms with Crippen molar-refractivity contribution in [2.24, 2.45) is 11.3 Å². The van der Waals surface area contributed by atoms with Gasteiger partial charge in [0, 0.05) is 6.04 Å². The lowest BCUT2D eigenvalue weighted by molar-refractivity contribution is 0.333. The van der Waals surface area contributed by atoms with Crippen LogP contribution in [0.2, 0.25) is 0 Å². The number of hydrogen-bond acceptors (Lipinski definition) is 1. The molecule has 1 rings (SSSR count). The Kier molecular flexibility index (Phi) is 6.06. The molecule has 1 N–H and O–H groups in total. The SMILES string of the molecule is CCc1ccc(C(NCCC(C)(C)C)C(C)C)cc1. The second-order valence-corrected chi connectivity index (χ2v) is 7.08. The molecule has 1 aromatic carbocycles. The highest BCUT2D eigenvalue weighted by Crippen LogP contribution is 2.24. The first-order chi connectivity index (χ1) is 8.83. The Balaban J connectivity index is 2.66. The van der Waals surface area contributed by atoms with Crippen LogP contribution in [0.15, 0.2) is 24.3 Å². The zero-order chi connectivity index (χ0) is 14.5. The molecule has 0 aliphatic heterocycles. The van der Waals surface area contributed by atoms with Crippen molar-refractivity contribution < 1.29 is 0 Å². The molecule has 0 saturated heterocycles. The highest BCUT2D eigenvalue weighted by molar-refractivity contribution is 5.25. The molecule has 1 unspecified atom stereocenters. The van der Waals surface area contributed by atoms with Crippen molar-refractivity contribution in [1.82, 2.24) is 5.32 Å². The second-order valence-electron chi connectivity index (χ2n) is 7.08. The maximum Gasteiger partial charge on any atom is 0.0343 e. The molecule has 0 heterocycles. The van der Waals surface area contributed by atoms with Gasteiger partial charge in [-0.2, -0.15) is 0 Å². The zero-order valence-corrected chi connectivity index (χ0v) is 13.6. The minimum absolute atomic E-state index is 0.403. The van der Waals surface area contributed by atoms with Gasteiger partial charge in [-0.05, 0) is 41.8 Å². The molecule has 0 saturated carbocycles. The maximum absolute atomic E-state index is 3.73. The van der Waals surface area contributed by atoms with Crippen LogP contribution in [0.3, 0.4) is 0 Å². The quantitative estimate of drug-likeness (QED) is 0.762. The molecule has 0 fully saturated rings. The van der Waals surface area contributed by atoms with Gasteiger partial charge in [-0.25, -0.2) is 0 Å².